The van der Waals surface area contributed by atoms with E-state index in [2.05, 4.69) is 12.2 Å². The molecule has 3 nitrogen and oxygen atoms in total. The summed E-state index contributed by atoms with van der Waals surface area (Å²) in [7, 11) is 0. The van der Waals surface area contributed by atoms with E-state index < -0.39 is 0 Å². The molecular formula is C16H18ClNO2. The molecule has 0 saturated heterocycles. The van der Waals surface area contributed by atoms with Gasteiger partial charge in [0, 0.05) is 11.1 Å². The first-order chi connectivity index (χ1) is 9.70. The van der Waals surface area contributed by atoms with Crippen molar-refractivity contribution in [3.05, 3.63) is 52.4 Å². The molecule has 0 atom stereocenters. The Hall–Kier alpha value is -1.45. The molecule has 106 valence electrons. The lowest BCUT2D eigenvalue weighted by atomic mass is 10.2. The Morgan fingerprint density at radius 3 is 2.95 bits per heavy atom. The molecule has 0 bridgehead atoms. The Bertz CT molecular complexity index is 590. The molecule has 2 aromatic rings. The van der Waals surface area contributed by atoms with Gasteiger partial charge in [0.05, 0.1) is 6.54 Å². The molecule has 0 amide bonds. The van der Waals surface area contributed by atoms with Crippen LogP contribution in [0.25, 0.3) is 0 Å². The maximum Gasteiger partial charge on any atom is 0.146 e. The Balaban J connectivity index is 1.58. The molecule has 1 N–H and O–H groups in total. The molecule has 1 heterocycles. The van der Waals surface area contributed by atoms with Gasteiger partial charge < -0.3 is 14.5 Å². The topological polar surface area (TPSA) is 34.4 Å². The fraction of sp³-hybridized carbons (Fsp3) is 0.375. The minimum Gasteiger partial charge on any atom is -0.486 e. The Morgan fingerprint density at radius 1 is 1.35 bits per heavy atom. The second-order valence-electron chi connectivity index (χ2n) is 5.22. The lowest BCUT2D eigenvalue weighted by Crippen LogP contribution is -2.15. The fourth-order valence-electron chi connectivity index (χ4n) is 2.07. The van der Waals surface area contributed by atoms with Crippen molar-refractivity contribution in [1.82, 2.24) is 5.32 Å². The van der Waals surface area contributed by atoms with Crippen LogP contribution in [-0.2, 0) is 13.2 Å². The summed E-state index contributed by atoms with van der Waals surface area (Å²) in [6, 6.07) is 10.1. The first-order valence-corrected chi connectivity index (χ1v) is 7.28. The highest BCUT2D eigenvalue weighted by Crippen LogP contribution is 2.22. The van der Waals surface area contributed by atoms with Crippen molar-refractivity contribution < 1.29 is 9.15 Å². The first-order valence-electron chi connectivity index (χ1n) is 6.90. The van der Waals surface area contributed by atoms with Crippen LogP contribution >= 0.6 is 11.6 Å². The van der Waals surface area contributed by atoms with E-state index in [1.165, 1.54) is 18.4 Å². The zero-order valence-electron chi connectivity index (χ0n) is 11.5. The summed E-state index contributed by atoms with van der Waals surface area (Å²) in [6.07, 6.45) is 2.56. The number of nitrogens with one attached hydrogen (secondary N) is 1. The first kappa shape index (κ1) is 13.5. The van der Waals surface area contributed by atoms with Gasteiger partial charge in [-0.1, -0.05) is 17.7 Å². The molecular weight excluding hydrogens is 274 g/mol. The van der Waals surface area contributed by atoms with Crippen LogP contribution in [0.2, 0.25) is 5.02 Å². The Kier molecular flexibility index (Phi) is 3.99. The number of hydrogen-bond acceptors (Lipinski definition) is 3. The van der Waals surface area contributed by atoms with Crippen molar-refractivity contribution >= 4 is 11.6 Å². The molecule has 1 aliphatic carbocycles. The highest BCUT2D eigenvalue weighted by Gasteiger charge is 2.21. The molecule has 1 aromatic carbocycles. The van der Waals surface area contributed by atoms with Crippen molar-refractivity contribution in [3.63, 3.8) is 0 Å². The molecule has 0 radical (unpaired) electrons. The lowest BCUT2D eigenvalue weighted by Gasteiger charge is -2.04. The molecule has 1 aliphatic rings. The molecule has 1 fully saturated rings. The van der Waals surface area contributed by atoms with Crippen LogP contribution in [0.4, 0.5) is 0 Å². The Labute approximate surface area is 123 Å². The molecule has 20 heavy (non-hydrogen) atoms. The summed E-state index contributed by atoms with van der Waals surface area (Å²) in [6.45, 7) is 3.29. The summed E-state index contributed by atoms with van der Waals surface area (Å²) < 4.78 is 11.5. The molecule has 4 heteroatoms. The predicted molar refractivity (Wildman–Crippen MR) is 79.1 cm³/mol. The number of halogens is 1. The SMILES string of the molecule is Cc1cc(COc2cccc(Cl)c2)oc1CNC1CC1. The molecule has 0 spiro atoms. The smallest absolute Gasteiger partial charge is 0.146 e. The van der Waals surface area contributed by atoms with E-state index in [-0.39, 0.29) is 0 Å². The lowest BCUT2D eigenvalue weighted by molar-refractivity contribution is 0.265. The van der Waals surface area contributed by atoms with Crippen LogP contribution in [0.15, 0.2) is 34.7 Å². The Morgan fingerprint density at radius 2 is 2.20 bits per heavy atom. The van der Waals surface area contributed by atoms with Crippen molar-refractivity contribution in [2.45, 2.75) is 39.0 Å². The predicted octanol–water partition coefficient (Wildman–Crippen LogP) is 4.07. The summed E-state index contributed by atoms with van der Waals surface area (Å²) in [4.78, 5) is 0. The highest BCUT2D eigenvalue weighted by atomic mass is 35.5. The number of aryl methyl sites for hydroxylation is 1. The quantitative estimate of drug-likeness (QED) is 0.871. The van der Waals surface area contributed by atoms with Gasteiger partial charge >= 0.3 is 0 Å². The van der Waals surface area contributed by atoms with Crippen molar-refractivity contribution in [2.24, 2.45) is 0 Å². The molecule has 3 rings (SSSR count). The standard InChI is InChI=1S/C16H18ClNO2/c1-11-7-15(20-16(11)9-18-13-5-6-13)10-19-14-4-2-3-12(17)8-14/h2-4,7-8,13,18H,5-6,9-10H2,1H3. The third-order valence-electron chi connectivity index (χ3n) is 3.38. The van der Waals surface area contributed by atoms with E-state index in [4.69, 9.17) is 20.8 Å². The van der Waals surface area contributed by atoms with Gasteiger partial charge in [-0.3, -0.25) is 0 Å². The molecule has 0 unspecified atom stereocenters. The summed E-state index contributed by atoms with van der Waals surface area (Å²) in [5, 5.41) is 4.13. The molecule has 0 aliphatic heterocycles. The fourth-order valence-corrected chi connectivity index (χ4v) is 2.25. The normalized spacial score (nSPS) is 14.5. The van der Waals surface area contributed by atoms with Crippen LogP contribution < -0.4 is 10.1 Å². The monoisotopic (exact) mass is 291 g/mol. The second kappa shape index (κ2) is 5.90. The summed E-state index contributed by atoms with van der Waals surface area (Å²) in [5.74, 6) is 2.60. The van der Waals surface area contributed by atoms with Crippen LogP contribution in [-0.4, -0.2) is 6.04 Å². The van der Waals surface area contributed by atoms with Gasteiger partial charge in [-0.15, -0.1) is 0 Å². The second-order valence-corrected chi connectivity index (χ2v) is 5.66. The van der Waals surface area contributed by atoms with Gasteiger partial charge in [-0.25, -0.2) is 0 Å². The third-order valence-corrected chi connectivity index (χ3v) is 3.61. The number of furan rings is 1. The van der Waals surface area contributed by atoms with E-state index in [1.54, 1.807) is 6.07 Å². The largest absolute Gasteiger partial charge is 0.486 e. The van der Waals surface area contributed by atoms with Crippen LogP contribution in [0, 0.1) is 6.92 Å². The molecule has 1 aromatic heterocycles. The highest BCUT2D eigenvalue weighted by molar-refractivity contribution is 6.30. The number of ether oxygens (including phenoxy) is 1. The van der Waals surface area contributed by atoms with Crippen LogP contribution in [0.5, 0.6) is 5.75 Å². The average molecular weight is 292 g/mol. The minimum absolute atomic E-state index is 0.421. The van der Waals surface area contributed by atoms with Crippen LogP contribution in [0.1, 0.15) is 29.9 Å². The van der Waals surface area contributed by atoms with E-state index in [0.29, 0.717) is 17.7 Å². The molecule has 1 saturated carbocycles. The van der Waals surface area contributed by atoms with Crippen LogP contribution in [0.3, 0.4) is 0 Å². The van der Waals surface area contributed by atoms with Gasteiger partial charge in [0.15, 0.2) is 0 Å². The van der Waals surface area contributed by atoms with Gasteiger partial charge in [0.1, 0.15) is 23.9 Å². The van der Waals surface area contributed by atoms with Gasteiger partial charge in [-0.05, 0) is 49.6 Å². The van der Waals surface area contributed by atoms with Gasteiger partial charge in [0.2, 0.25) is 0 Å². The van der Waals surface area contributed by atoms with Gasteiger partial charge in [0.25, 0.3) is 0 Å². The number of rotatable bonds is 6. The van der Waals surface area contributed by atoms with E-state index >= 15 is 0 Å². The number of hydrogen-bond donors (Lipinski definition) is 1. The third kappa shape index (κ3) is 3.56. The van der Waals surface area contributed by atoms with Crippen molar-refractivity contribution in [2.75, 3.05) is 0 Å². The van der Waals surface area contributed by atoms with Gasteiger partial charge in [-0.2, -0.15) is 0 Å². The van der Waals surface area contributed by atoms with E-state index in [1.807, 2.05) is 24.3 Å². The van der Waals surface area contributed by atoms with E-state index in [0.717, 1.165) is 23.8 Å². The van der Waals surface area contributed by atoms with Crippen molar-refractivity contribution in [1.29, 1.82) is 0 Å². The zero-order valence-corrected chi connectivity index (χ0v) is 12.2. The summed E-state index contributed by atoms with van der Waals surface area (Å²) >= 11 is 5.92. The van der Waals surface area contributed by atoms with Crippen molar-refractivity contribution in [3.8, 4) is 5.75 Å². The number of benzene rings is 1. The minimum atomic E-state index is 0.421. The zero-order chi connectivity index (χ0) is 13.9. The maximum absolute atomic E-state index is 5.92. The average Bonchev–Trinajstić information content (AvgIpc) is 3.18. The van der Waals surface area contributed by atoms with E-state index in [9.17, 15) is 0 Å². The summed E-state index contributed by atoms with van der Waals surface area (Å²) in [5.41, 5.74) is 1.17. The maximum atomic E-state index is 5.92.